The van der Waals surface area contributed by atoms with Crippen LogP contribution in [0, 0.1) is 13.8 Å². The Kier molecular flexibility index (Phi) is 9.05. The normalized spacial score (nSPS) is 20.2. The van der Waals surface area contributed by atoms with Gasteiger partial charge in [-0.2, -0.15) is 4.98 Å². The molecule has 2 N–H and O–H groups in total. The first-order valence-corrected chi connectivity index (χ1v) is 17.0. The van der Waals surface area contributed by atoms with E-state index >= 15 is 0 Å². The summed E-state index contributed by atoms with van der Waals surface area (Å²) in [6.07, 6.45) is 6.35. The Labute approximate surface area is 280 Å². The molecule has 1 saturated carbocycles. The highest BCUT2D eigenvalue weighted by atomic mass is 35.5. The monoisotopic (exact) mass is 676 g/mol. The molecule has 12 nitrogen and oxygen atoms in total. The van der Waals surface area contributed by atoms with E-state index in [1.165, 1.54) is 18.6 Å². The van der Waals surface area contributed by atoms with Crippen molar-refractivity contribution in [2.45, 2.75) is 62.7 Å². The second kappa shape index (κ2) is 13.1. The van der Waals surface area contributed by atoms with E-state index in [1.54, 1.807) is 35.5 Å². The van der Waals surface area contributed by atoms with Crippen molar-refractivity contribution >= 4 is 40.1 Å². The molecule has 7 rings (SSSR count). The van der Waals surface area contributed by atoms with E-state index in [0.717, 1.165) is 35.3 Å². The minimum absolute atomic E-state index is 0. The molecule has 2 aliphatic heterocycles. The van der Waals surface area contributed by atoms with Gasteiger partial charge in [-0.05, 0) is 62.4 Å². The van der Waals surface area contributed by atoms with Gasteiger partial charge >= 0.3 is 0 Å². The smallest absolute Gasteiger partial charge is 0.264 e. The number of aromatic nitrogens is 4. The molecule has 246 valence electrons. The van der Waals surface area contributed by atoms with E-state index in [1.807, 2.05) is 39.1 Å². The van der Waals surface area contributed by atoms with Crippen LogP contribution in [-0.2, 0) is 16.6 Å². The van der Waals surface area contributed by atoms with Crippen molar-refractivity contribution in [3.8, 4) is 17.1 Å². The van der Waals surface area contributed by atoms with Crippen LogP contribution in [0.5, 0.6) is 5.88 Å². The molecule has 4 heterocycles. The number of halogens is 1. The number of rotatable bonds is 5. The zero-order valence-electron chi connectivity index (χ0n) is 26.4. The van der Waals surface area contributed by atoms with E-state index in [4.69, 9.17) is 9.72 Å². The summed E-state index contributed by atoms with van der Waals surface area (Å²) >= 11 is 0. The zero-order chi connectivity index (χ0) is 32.0. The molecule has 2 fully saturated rings. The summed E-state index contributed by atoms with van der Waals surface area (Å²) in [7, 11) is -2.14. The van der Waals surface area contributed by atoms with Crippen molar-refractivity contribution < 1.29 is 17.9 Å². The fourth-order valence-electron chi connectivity index (χ4n) is 6.36. The van der Waals surface area contributed by atoms with Gasteiger partial charge in [0.25, 0.3) is 15.9 Å². The summed E-state index contributed by atoms with van der Waals surface area (Å²) in [6.45, 7) is 5.02. The Hall–Kier alpha value is -4.33. The molecule has 2 atom stereocenters. The first kappa shape index (κ1) is 32.6. The highest BCUT2D eigenvalue weighted by Gasteiger charge is 2.38. The molecule has 4 aromatic rings. The molecular weight excluding hydrogens is 640 g/mol. The van der Waals surface area contributed by atoms with Gasteiger partial charge in [0.2, 0.25) is 11.8 Å². The number of anilines is 2. The summed E-state index contributed by atoms with van der Waals surface area (Å²) < 4.78 is 36.3. The number of carbonyl (C=O) groups excluding carboxylic acids is 1. The summed E-state index contributed by atoms with van der Waals surface area (Å²) in [5.41, 5.74) is 4.20. The van der Waals surface area contributed by atoms with E-state index in [2.05, 4.69) is 29.9 Å². The van der Waals surface area contributed by atoms with Crippen molar-refractivity contribution in [1.82, 2.24) is 30.2 Å². The van der Waals surface area contributed by atoms with Crippen LogP contribution in [0.25, 0.3) is 11.3 Å². The number of fused-ring (bicyclic) bond motifs is 5. The maximum atomic E-state index is 14.3. The van der Waals surface area contributed by atoms with Crippen molar-refractivity contribution in [2.75, 3.05) is 29.8 Å². The minimum Gasteiger partial charge on any atom is -0.471 e. The number of amides is 1. The first-order valence-electron chi connectivity index (χ1n) is 15.5. The Morgan fingerprint density at radius 1 is 1.00 bits per heavy atom. The topological polar surface area (TPSA) is 143 Å². The molecule has 1 amide bonds. The van der Waals surface area contributed by atoms with Crippen LogP contribution in [-0.4, -0.2) is 77.5 Å². The fourth-order valence-corrected chi connectivity index (χ4v) is 7.35. The quantitative estimate of drug-likeness (QED) is 0.317. The first-order chi connectivity index (χ1) is 22.2. The Bertz CT molecular complexity index is 1900. The number of hydrogen-bond acceptors (Lipinski definition) is 10. The minimum atomic E-state index is -4.16. The van der Waals surface area contributed by atoms with Crippen LogP contribution in [0.1, 0.15) is 46.4 Å². The SMILES string of the molecule is Cc1cccc(C)c1-c1cc2nc(n1)NS(=O)(=O)c1cccc(c1)C(=O)N(Cc1cncc(N(C)C3CCC3)n1)[C@@H]1CNC[C@H]1O2.Cl. The van der Waals surface area contributed by atoms with E-state index in [0.29, 0.717) is 30.5 Å². The van der Waals surface area contributed by atoms with Crippen molar-refractivity contribution in [3.63, 3.8) is 0 Å². The van der Waals surface area contributed by atoms with Gasteiger partial charge in [-0.25, -0.2) is 23.1 Å². The third kappa shape index (κ3) is 6.47. The number of carbonyl (C=O) groups is 1. The van der Waals surface area contributed by atoms with Crippen molar-refractivity contribution in [1.29, 1.82) is 0 Å². The molecular formula is C33H37ClN8O4S. The van der Waals surface area contributed by atoms with Gasteiger partial charge in [0.05, 0.1) is 41.3 Å². The van der Waals surface area contributed by atoms with Crippen LogP contribution in [0.2, 0.25) is 0 Å². The van der Waals surface area contributed by atoms with Gasteiger partial charge in [0.1, 0.15) is 11.9 Å². The third-order valence-corrected chi connectivity index (χ3v) is 10.4. The van der Waals surface area contributed by atoms with Gasteiger partial charge in [-0.3, -0.25) is 9.78 Å². The summed E-state index contributed by atoms with van der Waals surface area (Å²) in [5, 5.41) is 3.37. The van der Waals surface area contributed by atoms with E-state index < -0.39 is 22.2 Å². The maximum Gasteiger partial charge on any atom is 0.264 e. The molecule has 0 radical (unpaired) electrons. The number of hydrogen-bond donors (Lipinski definition) is 2. The lowest BCUT2D eigenvalue weighted by atomic mass is 9.92. The fraction of sp³-hybridized carbons (Fsp3) is 0.364. The predicted molar refractivity (Wildman–Crippen MR) is 180 cm³/mol. The van der Waals surface area contributed by atoms with Gasteiger partial charge in [-0.1, -0.05) is 24.3 Å². The second-order valence-corrected chi connectivity index (χ2v) is 13.9. The standard InChI is InChI=1S/C33H36N8O4S.ClH/c1-20-7-4-8-21(2)31(20)26-14-30-38-33(37-26)39-46(43,44)25-12-5-9-22(13-25)32(42)41(27-16-35-17-28(27)45-30)19-23-15-34-18-29(36-23)40(3)24-10-6-11-24;/h4-5,7-9,12-15,18,24,27-28,35H,6,10-11,16-17,19H2,1-3H3,(H,37,38,39);1H/t27-,28-;/m1./s1. The van der Waals surface area contributed by atoms with E-state index in [-0.39, 0.29) is 47.1 Å². The highest BCUT2D eigenvalue weighted by molar-refractivity contribution is 7.92. The number of nitrogens with zero attached hydrogens (tertiary/aromatic N) is 6. The molecule has 2 aromatic heterocycles. The lowest BCUT2D eigenvalue weighted by molar-refractivity contribution is 0.0516. The van der Waals surface area contributed by atoms with Gasteiger partial charge in [0.15, 0.2) is 0 Å². The number of ether oxygens (including phenoxy) is 1. The summed E-state index contributed by atoms with van der Waals surface area (Å²) in [5.74, 6) is 0.496. The molecule has 0 unspecified atom stereocenters. The van der Waals surface area contributed by atoms with Crippen molar-refractivity contribution in [3.05, 3.63) is 83.3 Å². The molecule has 47 heavy (non-hydrogen) atoms. The molecule has 2 aromatic carbocycles. The van der Waals surface area contributed by atoms with Crippen molar-refractivity contribution in [2.24, 2.45) is 0 Å². The van der Waals surface area contributed by atoms with Gasteiger partial charge < -0.3 is 19.9 Å². The van der Waals surface area contributed by atoms with Gasteiger partial charge in [0, 0.05) is 43.4 Å². The molecule has 3 aliphatic rings. The largest absolute Gasteiger partial charge is 0.471 e. The molecule has 4 bridgehead atoms. The molecule has 14 heteroatoms. The summed E-state index contributed by atoms with van der Waals surface area (Å²) in [4.78, 5) is 36.5. The van der Waals surface area contributed by atoms with Crippen LogP contribution in [0.4, 0.5) is 11.8 Å². The average Bonchev–Trinajstić information content (AvgIpc) is 3.45. The Morgan fingerprint density at radius 2 is 1.77 bits per heavy atom. The number of nitrogens with one attached hydrogen (secondary N) is 2. The second-order valence-electron chi connectivity index (χ2n) is 12.2. The summed E-state index contributed by atoms with van der Waals surface area (Å²) in [6, 6.07) is 13.7. The highest BCUT2D eigenvalue weighted by Crippen LogP contribution is 2.32. The lowest BCUT2D eigenvalue weighted by Crippen LogP contribution is -2.48. The van der Waals surface area contributed by atoms with Crippen LogP contribution in [0.3, 0.4) is 0 Å². The molecule has 1 aliphatic carbocycles. The lowest BCUT2D eigenvalue weighted by Gasteiger charge is -2.36. The van der Waals surface area contributed by atoms with Gasteiger partial charge in [-0.15, -0.1) is 12.4 Å². The predicted octanol–water partition coefficient (Wildman–Crippen LogP) is 4.14. The number of benzene rings is 2. The number of sulfonamides is 1. The van der Waals surface area contributed by atoms with E-state index in [9.17, 15) is 13.2 Å². The molecule has 1 saturated heterocycles. The maximum absolute atomic E-state index is 14.3. The Balaban J connectivity index is 0.00000386. The van der Waals surface area contributed by atoms with Crippen LogP contribution < -0.4 is 19.7 Å². The van der Waals surface area contributed by atoms with Crippen LogP contribution in [0.15, 0.2) is 65.8 Å². The van der Waals surface area contributed by atoms with Crippen LogP contribution >= 0.6 is 12.4 Å². The number of aryl methyl sites for hydroxylation is 2. The third-order valence-electron chi connectivity index (χ3n) is 9.11. The zero-order valence-corrected chi connectivity index (χ0v) is 28.0. The Morgan fingerprint density at radius 3 is 2.51 bits per heavy atom. The average molecular weight is 677 g/mol. The molecule has 0 spiro atoms.